The third-order valence-electron chi connectivity index (χ3n) is 5.20. The van der Waals surface area contributed by atoms with Gasteiger partial charge in [0.2, 0.25) is 0 Å². The Morgan fingerprint density at radius 3 is 1.52 bits per heavy atom. The number of hydrogen-bond donors (Lipinski definition) is 0. The van der Waals surface area contributed by atoms with Gasteiger partial charge in [-0.2, -0.15) is 0 Å². The molecule has 0 bridgehead atoms. The Balaban J connectivity index is 0.00000784. The first kappa shape index (κ1) is 28.4. The zero-order chi connectivity index (χ0) is 20.3. The van der Waals surface area contributed by atoms with E-state index in [0.29, 0.717) is 12.0 Å². The quantitative estimate of drug-likeness (QED) is 0.120. The maximum absolute atomic E-state index is 11.8. The topological polar surface area (TPSA) is 43.4 Å². The van der Waals surface area contributed by atoms with Gasteiger partial charge in [-0.15, -0.1) is 0 Å². The van der Waals surface area contributed by atoms with Crippen LogP contribution in [0.3, 0.4) is 0 Å². The molecule has 0 unspecified atom stereocenters. The van der Waals surface area contributed by atoms with Crippen LogP contribution in [0.15, 0.2) is 30.3 Å². The molecule has 0 aliphatic heterocycles. The summed E-state index contributed by atoms with van der Waals surface area (Å²) in [7, 11) is 0. The molecular formula is C25H41NaO3. The molecule has 0 saturated carbocycles. The summed E-state index contributed by atoms with van der Waals surface area (Å²) in [5.41, 5.74) is 0.423. The van der Waals surface area contributed by atoms with Crippen molar-refractivity contribution in [2.45, 2.75) is 110 Å². The molecule has 29 heavy (non-hydrogen) atoms. The Morgan fingerprint density at radius 2 is 1.07 bits per heavy atom. The molecule has 0 radical (unpaired) electrons. The molecule has 0 fully saturated rings. The molecule has 3 nitrogen and oxygen atoms in total. The van der Waals surface area contributed by atoms with Crippen molar-refractivity contribution in [2.75, 3.05) is 0 Å². The van der Waals surface area contributed by atoms with Gasteiger partial charge >= 0.3 is 41.5 Å². The first-order valence-corrected chi connectivity index (χ1v) is 11.5. The normalized spacial score (nSPS) is 10.4. The molecule has 0 spiro atoms. The fraction of sp³-hybridized carbons (Fsp3) is 0.680. The molecule has 1 aromatic carbocycles. The van der Waals surface area contributed by atoms with Gasteiger partial charge in [-0.25, -0.2) is 4.79 Å². The summed E-state index contributed by atoms with van der Waals surface area (Å²) in [4.78, 5) is 23.5. The molecule has 1 aromatic rings. The van der Waals surface area contributed by atoms with Crippen LogP contribution in [0.25, 0.3) is 0 Å². The van der Waals surface area contributed by atoms with E-state index in [4.69, 9.17) is 4.74 Å². The maximum atomic E-state index is 11.8. The van der Waals surface area contributed by atoms with Gasteiger partial charge in [0, 0.05) is 6.42 Å². The zero-order valence-electron chi connectivity index (χ0n) is 17.9. The zero-order valence-corrected chi connectivity index (χ0v) is 17.9. The Morgan fingerprint density at radius 1 is 0.655 bits per heavy atom. The number of hydrogen-bond acceptors (Lipinski definition) is 3. The third-order valence-corrected chi connectivity index (χ3v) is 5.20. The predicted octanol–water partition coefficient (Wildman–Crippen LogP) is 6.98. The van der Waals surface area contributed by atoms with Crippen molar-refractivity contribution in [3.05, 3.63) is 35.9 Å². The average molecular weight is 413 g/mol. The van der Waals surface area contributed by atoms with Crippen molar-refractivity contribution in [1.82, 2.24) is 0 Å². The van der Waals surface area contributed by atoms with Gasteiger partial charge in [-0.1, -0.05) is 115 Å². The second kappa shape index (κ2) is 20.6. The van der Waals surface area contributed by atoms with E-state index in [0.717, 1.165) is 19.3 Å². The van der Waals surface area contributed by atoms with E-state index in [9.17, 15) is 9.59 Å². The summed E-state index contributed by atoms with van der Waals surface area (Å²) < 4.78 is 4.88. The molecule has 0 N–H and O–H groups in total. The van der Waals surface area contributed by atoms with Crippen molar-refractivity contribution in [3.63, 3.8) is 0 Å². The van der Waals surface area contributed by atoms with E-state index >= 15 is 0 Å². The van der Waals surface area contributed by atoms with Crippen LogP contribution in [0, 0.1) is 0 Å². The molecule has 0 amide bonds. The van der Waals surface area contributed by atoms with Crippen LogP contribution in [0.4, 0.5) is 0 Å². The van der Waals surface area contributed by atoms with E-state index < -0.39 is 11.9 Å². The van der Waals surface area contributed by atoms with E-state index in [1.807, 2.05) is 6.07 Å². The number of ether oxygens (including phenoxy) is 1. The van der Waals surface area contributed by atoms with Gasteiger partial charge in [0.1, 0.15) is 0 Å². The molecule has 0 aromatic heterocycles. The summed E-state index contributed by atoms with van der Waals surface area (Å²) in [5, 5.41) is 0. The van der Waals surface area contributed by atoms with Crippen LogP contribution < -0.4 is 0 Å². The molecule has 1 rings (SSSR count). The third kappa shape index (κ3) is 16.8. The Bertz CT molecular complexity index is 516. The van der Waals surface area contributed by atoms with E-state index in [1.54, 1.807) is 24.3 Å². The molecule has 0 saturated heterocycles. The number of rotatable bonds is 17. The summed E-state index contributed by atoms with van der Waals surface area (Å²) in [6, 6.07) is 8.66. The fourth-order valence-corrected chi connectivity index (χ4v) is 3.43. The number of esters is 2. The standard InChI is InChI=1S/C25H40O3.Na.H/c1-2-3-4-5-6-7-8-9-10-11-12-13-14-15-19-22-24(26)28-25(27)23-20-17-16-18-21-23;;/h16-18,20-21H,2-15,19,22H2,1H3;;. The number of benzene rings is 1. The van der Waals surface area contributed by atoms with Crippen LogP contribution in [0.1, 0.15) is 120 Å². The molecule has 4 heteroatoms. The van der Waals surface area contributed by atoms with Gasteiger partial charge in [0.05, 0.1) is 5.56 Å². The average Bonchev–Trinajstić information content (AvgIpc) is 2.71. The number of carbonyl (C=O) groups excluding carboxylic acids is 2. The minimum atomic E-state index is -0.549. The molecule has 0 heterocycles. The molecule has 160 valence electrons. The Kier molecular flexibility index (Phi) is 20.2. The fourth-order valence-electron chi connectivity index (χ4n) is 3.43. The van der Waals surface area contributed by atoms with E-state index in [1.165, 1.54) is 77.0 Å². The van der Waals surface area contributed by atoms with Crippen LogP contribution in [0.2, 0.25) is 0 Å². The van der Waals surface area contributed by atoms with Crippen LogP contribution >= 0.6 is 0 Å². The van der Waals surface area contributed by atoms with Crippen LogP contribution in [-0.2, 0) is 9.53 Å². The summed E-state index contributed by atoms with van der Waals surface area (Å²) in [5.74, 6) is -0.963. The Labute approximate surface area is 200 Å². The van der Waals surface area contributed by atoms with Gasteiger partial charge in [-0.3, -0.25) is 4.79 Å². The van der Waals surface area contributed by atoms with Crippen molar-refractivity contribution in [1.29, 1.82) is 0 Å². The SMILES string of the molecule is CCCCCCCCCCCCCCCCCC(=O)OC(=O)c1ccccc1.[NaH]. The second-order valence-corrected chi connectivity index (χ2v) is 7.83. The second-order valence-electron chi connectivity index (χ2n) is 7.83. The first-order valence-electron chi connectivity index (χ1n) is 11.5. The van der Waals surface area contributed by atoms with Gasteiger partial charge in [-0.05, 0) is 18.6 Å². The number of carbonyl (C=O) groups is 2. The summed E-state index contributed by atoms with van der Waals surface area (Å²) in [6.45, 7) is 2.27. The van der Waals surface area contributed by atoms with Crippen molar-refractivity contribution < 1.29 is 14.3 Å². The van der Waals surface area contributed by atoms with Crippen molar-refractivity contribution in [3.8, 4) is 0 Å². The monoisotopic (exact) mass is 412 g/mol. The predicted molar refractivity (Wildman–Crippen MR) is 124 cm³/mol. The minimum absolute atomic E-state index is 0. The van der Waals surface area contributed by atoms with Crippen molar-refractivity contribution >= 4 is 41.5 Å². The molecule has 0 aliphatic rings. The van der Waals surface area contributed by atoms with Gasteiger partial charge in [0.15, 0.2) is 0 Å². The summed E-state index contributed by atoms with van der Waals surface area (Å²) in [6.07, 6.45) is 19.7. The Hall–Kier alpha value is -0.640. The summed E-state index contributed by atoms with van der Waals surface area (Å²) >= 11 is 0. The molecular weight excluding hydrogens is 371 g/mol. The van der Waals surface area contributed by atoms with Gasteiger partial charge < -0.3 is 4.74 Å². The molecule has 0 atom stereocenters. The van der Waals surface area contributed by atoms with Gasteiger partial charge in [0.25, 0.3) is 0 Å². The van der Waals surface area contributed by atoms with E-state index in [-0.39, 0.29) is 29.6 Å². The molecule has 0 aliphatic carbocycles. The van der Waals surface area contributed by atoms with Crippen LogP contribution in [0.5, 0.6) is 0 Å². The van der Waals surface area contributed by atoms with Crippen molar-refractivity contribution in [2.24, 2.45) is 0 Å². The van der Waals surface area contributed by atoms with E-state index in [2.05, 4.69) is 6.92 Å². The first-order chi connectivity index (χ1) is 13.7. The number of unbranched alkanes of at least 4 members (excludes halogenated alkanes) is 14. The van der Waals surface area contributed by atoms with Crippen LogP contribution in [-0.4, -0.2) is 41.5 Å².